The molecule has 0 spiro atoms. The van der Waals surface area contributed by atoms with Gasteiger partial charge in [-0.3, -0.25) is 0 Å². The first-order valence-electron chi connectivity index (χ1n) is 8.14. The van der Waals surface area contributed by atoms with Gasteiger partial charge < -0.3 is 5.73 Å². The second kappa shape index (κ2) is 6.44. The van der Waals surface area contributed by atoms with Crippen LogP contribution in [0.15, 0.2) is 54.6 Å². The zero-order chi connectivity index (χ0) is 14.7. The van der Waals surface area contributed by atoms with Crippen molar-refractivity contribution in [3.05, 3.63) is 71.3 Å². The highest BCUT2D eigenvalue weighted by molar-refractivity contribution is 5.33. The maximum atomic E-state index is 6.54. The smallest absolute Gasteiger partial charge is 0.0111 e. The van der Waals surface area contributed by atoms with E-state index in [9.17, 15) is 0 Å². The predicted octanol–water partition coefficient (Wildman–Crippen LogP) is 4.63. The van der Waals surface area contributed by atoms with Crippen LogP contribution in [0.4, 0.5) is 0 Å². The number of nitrogens with two attached hydrogens (primary N) is 1. The molecule has 1 aliphatic rings. The van der Waals surface area contributed by atoms with Gasteiger partial charge in [0.25, 0.3) is 0 Å². The Hall–Kier alpha value is -1.60. The Labute approximate surface area is 128 Å². The van der Waals surface area contributed by atoms with Crippen LogP contribution in [0.2, 0.25) is 0 Å². The average molecular weight is 279 g/mol. The van der Waals surface area contributed by atoms with E-state index in [1.165, 1.54) is 30.4 Å². The Morgan fingerprint density at radius 1 is 1.05 bits per heavy atom. The van der Waals surface area contributed by atoms with Crippen LogP contribution in [0.5, 0.6) is 0 Å². The minimum absolute atomic E-state index is 0.226. The normalized spacial score (nSPS) is 20.6. The molecular weight excluding hydrogens is 254 g/mol. The SMILES string of the molecule is CC(c1ccccc1)C(N)CC1CCCc2ccccc21. The summed E-state index contributed by atoms with van der Waals surface area (Å²) in [4.78, 5) is 0. The quantitative estimate of drug-likeness (QED) is 0.867. The first kappa shape index (κ1) is 14.3. The number of aryl methyl sites for hydroxylation is 1. The van der Waals surface area contributed by atoms with Crippen LogP contribution in [-0.2, 0) is 6.42 Å². The van der Waals surface area contributed by atoms with E-state index < -0.39 is 0 Å². The molecule has 110 valence electrons. The zero-order valence-electron chi connectivity index (χ0n) is 12.8. The molecule has 0 saturated carbocycles. The molecule has 3 unspecified atom stereocenters. The lowest BCUT2D eigenvalue weighted by atomic mass is 9.77. The first-order valence-corrected chi connectivity index (χ1v) is 8.14. The molecule has 1 aliphatic carbocycles. The fourth-order valence-corrected chi connectivity index (χ4v) is 3.64. The van der Waals surface area contributed by atoms with Gasteiger partial charge >= 0.3 is 0 Å². The lowest BCUT2D eigenvalue weighted by molar-refractivity contribution is 0.434. The maximum absolute atomic E-state index is 6.54. The van der Waals surface area contributed by atoms with Crippen LogP contribution in [0.1, 0.15) is 54.7 Å². The van der Waals surface area contributed by atoms with Crippen LogP contribution < -0.4 is 5.73 Å². The largest absolute Gasteiger partial charge is 0.327 e. The molecule has 2 N–H and O–H groups in total. The van der Waals surface area contributed by atoms with Crippen LogP contribution in [0, 0.1) is 0 Å². The summed E-state index contributed by atoms with van der Waals surface area (Å²) < 4.78 is 0. The molecule has 2 aromatic carbocycles. The van der Waals surface area contributed by atoms with Gasteiger partial charge in [-0.25, -0.2) is 0 Å². The number of hydrogen-bond donors (Lipinski definition) is 1. The number of rotatable bonds is 4. The van der Waals surface area contributed by atoms with Crippen LogP contribution in [0.25, 0.3) is 0 Å². The van der Waals surface area contributed by atoms with Crippen LogP contribution in [0.3, 0.4) is 0 Å². The fourth-order valence-electron chi connectivity index (χ4n) is 3.64. The Morgan fingerprint density at radius 2 is 1.76 bits per heavy atom. The van der Waals surface area contributed by atoms with E-state index in [2.05, 4.69) is 61.5 Å². The predicted molar refractivity (Wildman–Crippen MR) is 89.6 cm³/mol. The number of benzene rings is 2. The van der Waals surface area contributed by atoms with E-state index in [1.54, 1.807) is 5.56 Å². The standard InChI is InChI=1S/C20H25N/c1-15(16-8-3-2-4-9-16)20(21)14-18-12-7-11-17-10-5-6-13-19(17)18/h2-6,8-10,13,15,18,20H,7,11-12,14,21H2,1H3. The van der Waals surface area contributed by atoms with Crippen molar-refractivity contribution in [2.45, 2.75) is 50.5 Å². The van der Waals surface area contributed by atoms with Gasteiger partial charge in [-0.2, -0.15) is 0 Å². The molecule has 0 bridgehead atoms. The minimum atomic E-state index is 0.226. The van der Waals surface area contributed by atoms with Crippen molar-refractivity contribution in [3.63, 3.8) is 0 Å². The lowest BCUT2D eigenvalue weighted by Crippen LogP contribution is -2.29. The van der Waals surface area contributed by atoms with Crippen molar-refractivity contribution in [3.8, 4) is 0 Å². The van der Waals surface area contributed by atoms with Crippen LogP contribution >= 0.6 is 0 Å². The minimum Gasteiger partial charge on any atom is -0.327 e. The van der Waals surface area contributed by atoms with E-state index >= 15 is 0 Å². The Bertz CT molecular complexity index is 575. The molecule has 21 heavy (non-hydrogen) atoms. The van der Waals surface area contributed by atoms with Crippen molar-refractivity contribution in [2.24, 2.45) is 5.73 Å². The number of fused-ring (bicyclic) bond motifs is 1. The zero-order valence-corrected chi connectivity index (χ0v) is 12.8. The molecule has 2 aromatic rings. The van der Waals surface area contributed by atoms with Crippen molar-refractivity contribution >= 4 is 0 Å². The number of hydrogen-bond acceptors (Lipinski definition) is 1. The molecule has 0 amide bonds. The highest BCUT2D eigenvalue weighted by Gasteiger charge is 2.24. The summed E-state index contributed by atoms with van der Waals surface area (Å²) in [6, 6.07) is 19.8. The summed E-state index contributed by atoms with van der Waals surface area (Å²) >= 11 is 0. The second-order valence-corrected chi connectivity index (χ2v) is 6.39. The van der Waals surface area contributed by atoms with Gasteiger partial charge in [0.05, 0.1) is 0 Å². The lowest BCUT2D eigenvalue weighted by Gasteiger charge is -2.30. The van der Waals surface area contributed by atoms with Gasteiger partial charge in [0.1, 0.15) is 0 Å². The van der Waals surface area contributed by atoms with Crippen molar-refractivity contribution in [1.29, 1.82) is 0 Å². The molecule has 3 rings (SSSR count). The van der Waals surface area contributed by atoms with E-state index in [-0.39, 0.29) is 6.04 Å². The summed E-state index contributed by atoms with van der Waals surface area (Å²) in [6.07, 6.45) is 4.91. The highest BCUT2D eigenvalue weighted by Crippen LogP contribution is 2.36. The third-order valence-corrected chi connectivity index (χ3v) is 5.02. The van der Waals surface area contributed by atoms with Crippen molar-refractivity contribution in [1.82, 2.24) is 0 Å². The van der Waals surface area contributed by atoms with E-state index in [1.807, 2.05) is 0 Å². The molecule has 1 heteroatoms. The summed E-state index contributed by atoms with van der Waals surface area (Å²) in [6.45, 7) is 2.26. The van der Waals surface area contributed by atoms with Gasteiger partial charge in [-0.15, -0.1) is 0 Å². The van der Waals surface area contributed by atoms with Crippen LogP contribution in [-0.4, -0.2) is 6.04 Å². The third kappa shape index (κ3) is 3.19. The van der Waals surface area contributed by atoms with E-state index in [0.29, 0.717) is 11.8 Å². The topological polar surface area (TPSA) is 26.0 Å². The molecule has 0 aliphatic heterocycles. The van der Waals surface area contributed by atoms with Gasteiger partial charge in [-0.05, 0) is 54.2 Å². The summed E-state index contributed by atoms with van der Waals surface area (Å²) in [5.41, 5.74) is 11.0. The molecule has 3 atom stereocenters. The molecule has 1 nitrogen and oxygen atoms in total. The maximum Gasteiger partial charge on any atom is 0.0111 e. The Balaban J connectivity index is 1.72. The Morgan fingerprint density at radius 3 is 2.57 bits per heavy atom. The van der Waals surface area contributed by atoms with E-state index in [0.717, 1.165) is 6.42 Å². The Kier molecular flexibility index (Phi) is 4.40. The van der Waals surface area contributed by atoms with E-state index in [4.69, 9.17) is 5.73 Å². The molecule has 0 aromatic heterocycles. The molecule has 0 saturated heterocycles. The van der Waals surface area contributed by atoms with Gasteiger partial charge in [0, 0.05) is 6.04 Å². The van der Waals surface area contributed by atoms with Gasteiger partial charge in [-0.1, -0.05) is 61.5 Å². The monoisotopic (exact) mass is 279 g/mol. The summed E-state index contributed by atoms with van der Waals surface area (Å²) in [5, 5.41) is 0. The van der Waals surface area contributed by atoms with Crippen molar-refractivity contribution in [2.75, 3.05) is 0 Å². The molecular formula is C20H25N. The summed E-state index contributed by atoms with van der Waals surface area (Å²) in [7, 11) is 0. The van der Waals surface area contributed by atoms with Gasteiger partial charge in [0.2, 0.25) is 0 Å². The second-order valence-electron chi connectivity index (χ2n) is 6.39. The summed E-state index contributed by atoms with van der Waals surface area (Å²) in [5.74, 6) is 1.05. The third-order valence-electron chi connectivity index (χ3n) is 5.02. The molecule has 0 heterocycles. The molecule has 0 fully saturated rings. The average Bonchev–Trinajstić information content (AvgIpc) is 2.55. The molecule has 0 radical (unpaired) electrons. The van der Waals surface area contributed by atoms with Gasteiger partial charge in [0.15, 0.2) is 0 Å². The fraction of sp³-hybridized carbons (Fsp3) is 0.400. The first-order chi connectivity index (χ1) is 10.3. The van der Waals surface area contributed by atoms with Crippen molar-refractivity contribution < 1.29 is 0 Å². The highest BCUT2D eigenvalue weighted by atomic mass is 14.6.